The van der Waals surface area contributed by atoms with Gasteiger partial charge in [-0.2, -0.15) is 0 Å². The molecule has 0 saturated carbocycles. The molecule has 1 aliphatic rings. The molecule has 1 atom stereocenters. The third kappa shape index (κ3) is 2.16. The Labute approximate surface area is 88.7 Å². The molecular weight excluding hydrogens is 218 g/mol. The van der Waals surface area contributed by atoms with E-state index in [1.807, 2.05) is 0 Å². The smallest absolute Gasteiger partial charge is 0.227 e. The first-order valence-corrected chi connectivity index (χ1v) is 5.45. The van der Waals surface area contributed by atoms with Crippen molar-refractivity contribution in [2.24, 2.45) is 0 Å². The molecule has 1 aromatic carbocycles. The number of amides is 1. The Hall–Kier alpha value is -1.40. The molecule has 0 saturated heterocycles. The Bertz CT molecular complexity index is 432. The lowest BCUT2D eigenvalue weighted by Gasteiger charge is -2.07. The summed E-state index contributed by atoms with van der Waals surface area (Å²) in [6.45, 7) is 0.320. The molecule has 80 valence electrons. The Morgan fingerprint density at radius 2 is 2.27 bits per heavy atom. The van der Waals surface area contributed by atoms with Crippen molar-refractivity contribution in [3.05, 3.63) is 18.2 Å². The van der Waals surface area contributed by atoms with Crippen LogP contribution in [0.1, 0.15) is 6.42 Å². The van der Waals surface area contributed by atoms with E-state index in [1.54, 1.807) is 6.07 Å². The van der Waals surface area contributed by atoms with Crippen LogP contribution in [0.15, 0.2) is 23.1 Å². The average molecular weight is 227 g/mol. The van der Waals surface area contributed by atoms with Crippen LogP contribution in [0.5, 0.6) is 5.75 Å². The van der Waals surface area contributed by atoms with Gasteiger partial charge in [-0.3, -0.25) is 4.79 Å². The molecule has 1 aromatic rings. The first-order valence-electron chi connectivity index (χ1n) is 4.34. The monoisotopic (exact) mass is 227 g/mol. The number of hydrogen-bond donors (Lipinski definition) is 2. The standard InChI is InChI=1S/C9H9NO4S/c11-9-3-4-14-8-2-1-6(15(12)13)5-7(8)10-9/h1-2,5H,3-4H2,(H,10,11)(H,12,13). The van der Waals surface area contributed by atoms with E-state index in [9.17, 15) is 9.00 Å². The third-order valence-corrected chi connectivity index (χ3v) is 2.67. The van der Waals surface area contributed by atoms with E-state index in [4.69, 9.17) is 9.29 Å². The SMILES string of the molecule is O=C1CCOc2ccc(S(=O)O)cc2N1. The van der Waals surface area contributed by atoms with Crippen molar-refractivity contribution < 1.29 is 18.3 Å². The van der Waals surface area contributed by atoms with Gasteiger partial charge in [0.05, 0.1) is 23.6 Å². The van der Waals surface area contributed by atoms with Crippen molar-refractivity contribution >= 4 is 22.7 Å². The summed E-state index contributed by atoms with van der Waals surface area (Å²) in [6.07, 6.45) is 0.284. The van der Waals surface area contributed by atoms with Crippen LogP contribution in [0.4, 0.5) is 5.69 Å². The number of rotatable bonds is 1. The first-order chi connectivity index (χ1) is 7.16. The minimum absolute atomic E-state index is 0.158. The van der Waals surface area contributed by atoms with Gasteiger partial charge in [0.1, 0.15) is 5.75 Å². The van der Waals surface area contributed by atoms with Gasteiger partial charge in [-0.05, 0) is 18.2 Å². The number of carbonyl (C=O) groups is 1. The molecule has 2 N–H and O–H groups in total. The van der Waals surface area contributed by atoms with Crippen LogP contribution in [0.25, 0.3) is 0 Å². The number of benzene rings is 1. The zero-order chi connectivity index (χ0) is 10.8. The summed E-state index contributed by atoms with van der Waals surface area (Å²) in [7, 11) is 0. The molecule has 1 aliphatic heterocycles. The van der Waals surface area contributed by atoms with Crippen LogP contribution in [0.3, 0.4) is 0 Å². The highest BCUT2D eigenvalue weighted by Gasteiger charge is 2.14. The van der Waals surface area contributed by atoms with E-state index in [0.29, 0.717) is 18.0 Å². The predicted octanol–water partition coefficient (Wildman–Crippen LogP) is 0.988. The van der Waals surface area contributed by atoms with Crippen LogP contribution in [0.2, 0.25) is 0 Å². The summed E-state index contributed by atoms with van der Waals surface area (Å²) in [5.41, 5.74) is 0.442. The predicted molar refractivity (Wildman–Crippen MR) is 54.2 cm³/mol. The normalized spacial score (nSPS) is 17.0. The molecule has 1 heterocycles. The fraction of sp³-hybridized carbons (Fsp3) is 0.222. The summed E-state index contributed by atoms with van der Waals surface area (Å²) in [4.78, 5) is 11.4. The largest absolute Gasteiger partial charge is 0.491 e. The van der Waals surface area contributed by atoms with Crippen molar-refractivity contribution in [2.75, 3.05) is 11.9 Å². The maximum Gasteiger partial charge on any atom is 0.227 e. The number of nitrogens with one attached hydrogen (secondary N) is 1. The molecule has 15 heavy (non-hydrogen) atoms. The molecule has 0 fully saturated rings. The van der Waals surface area contributed by atoms with Gasteiger partial charge >= 0.3 is 0 Å². The van der Waals surface area contributed by atoms with Gasteiger partial charge in [0.15, 0.2) is 11.1 Å². The molecule has 5 nitrogen and oxygen atoms in total. The fourth-order valence-electron chi connectivity index (χ4n) is 1.31. The number of ether oxygens (including phenoxy) is 1. The van der Waals surface area contributed by atoms with Crippen molar-refractivity contribution in [3.63, 3.8) is 0 Å². The minimum atomic E-state index is -2.05. The van der Waals surface area contributed by atoms with Crippen molar-refractivity contribution in [1.82, 2.24) is 0 Å². The topological polar surface area (TPSA) is 75.6 Å². The fourth-order valence-corrected chi connectivity index (χ4v) is 1.71. The minimum Gasteiger partial charge on any atom is -0.491 e. The van der Waals surface area contributed by atoms with Crippen LogP contribution >= 0.6 is 0 Å². The lowest BCUT2D eigenvalue weighted by molar-refractivity contribution is -0.116. The van der Waals surface area contributed by atoms with Gasteiger partial charge in [0, 0.05) is 0 Å². The molecule has 1 amide bonds. The number of anilines is 1. The summed E-state index contributed by atoms with van der Waals surface area (Å²) in [6, 6.07) is 4.51. The van der Waals surface area contributed by atoms with E-state index in [1.165, 1.54) is 12.1 Å². The lowest BCUT2D eigenvalue weighted by atomic mass is 10.3. The highest BCUT2D eigenvalue weighted by molar-refractivity contribution is 7.79. The van der Waals surface area contributed by atoms with Gasteiger partial charge in [-0.25, -0.2) is 4.21 Å². The van der Waals surface area contributed by atoms with Gasteiger partial charge in [-0.15, -0.1) is 0 Å². The van der Waals surface area contributed by atoms with Crippen molar-refractivity contribution in [2.45, 2.75) is 11.3 Å². The van der Waals surface area contributed by atoms with E-state index in [-0.39, 0.29) is 17.2 Å². The van der Waals surface area contributed by atoms with Crippen LogP contribution in [-0.2, 0) is 15.9 Å². The molecule has 6 heteroatoms. The second-order valence-corrected chi connectivity index (χ2v) is 4.02. The quantitative estimate of drug-likeness (QED) is 0.701. The highest BCUT2D eigenvalue weighted by Crippen LogP contribution is 2.28. The highest BCUT2D eigenvalue weighted by atomic mass is 32.2. The molecule has 0 aliphatic carbocycles. The van der Waals surface area contributed by atoms with Crippen molar-refractivity contribution in [1.29, 1.82) is 0 Å². The summed E-state index contributed by atoms with van der Waals surface area (Å²) in [5.74, 6) is 0.365. The lowest BCUT2D eigenvalue weighted by Crippen LogP contribution is -2.10. The maximum absolute atomic E-state index is 11.2. The Balaban J connectivity index is 2.41. The number of hydrogen-bond acceptors (Lipinski definition) is 3. The summed E-state index contributed by atoms with van der Waals surface area (Å²) in [5, 5.41) is 2.61. The Kier molecular flexibility index (Phi) is 2.70. The molecule has 0 spiro atoms. The van der Waals surface area contributed by atoms with Crippen molar-refractivity contribution in [3.8, 4) is 5.75 Å². The second-order valence-electron chi connectivity index (χ2n) is 3.05. The molecule has 2 rings (SSSR count). The van der Waals surface area contributed by atoms with E-state index < -0.39 is 11.1 Å². The molecule has 0 aromatic heterocycles. The zero-order valence-corrected chi connectivity index (χ0v) is 8.54. The summed E-state index contributed by atoms with van der Waals surface area (Å²) < 4.78 is 25.0. The molecule has 1 unspecified atom stereocenters. The number of fused-ring (bicyclic) bond motifs is 1. The van der Waals surface area contributed by atoms with Crippen LogP contribution in [-0.4, -0.2) is 21.3 Å². The van der Waals surface area contributed by atoms with Gasteiger partial charge in [0.2, 0.25) is 5.91 Å². The number of carbonyl (C=O) groups excluding carboxylic acids is 1. The maximum atomic E-state index is 11.2. The zero-order valence-electron chi connectivity index (χ0n) is 7.73. The molecule has 0 radical (unpaired) electrons. The first kappa shape index (κ1) is 10.1. The average Bonchev–Trinajstić information content (AvgIpc) is 2.37. The van der Waals surface area contributed by atoms with E-state index in [2.05, 4.69) is 5.32 Å². The van der Waals surface area contributed by atoms with E-state index >= 15 is 0 Å². The third-order valence-electron chi connectivity index (χ3n) is 2.01. The summed E-state index contributed by atoms with van der Waals surface area (Å²) >= 11 is -2.05. The molecule has 0 bridgehead atoms. The van der Waals surface area contributed by atoms with Crippen LogP contribution in [0, 0.1) is 0 Å². The second kappa shape index (κ2) is 4.00. The van der Waals surface area contributed by atoms with E-state index in [0.717, 1.165) is 0 Å². The Morgan fingerprint density at radius 1 is 1.47 bits per heavy atom. The molecular formula is C9H9NO4S. The van der Waals surface area contributed by atoms with Crippen LogP contribution < -0.4 is 10.1 Å². The van der Waals surface area contributed by atoms with Gasteiger partial charge < -0.3 is 14.6 Å². The Morgan fingerprint density at radius 3 is 3.00 bits per heavy atom. The van der Waals surface area contributed by atoms with Gasteiger partial charge in [-0.1, -0.05) is 0 Å². The van der Waals surface area contributed by atoms with Gasteiger partial charge in [0.25, 0.3) is 0 Å².